The Morgan fingerprint density at radius 1 is 1.21 bits per heavy atom. The van der Waals surface area contributed by atoms with E-state index in [4.69, 9.17) is 9.47 Å². The van der Waals surface area contributed by atoms with Crippen LogP contribution in [-0.2, 0) is 11.2 Å². The maximum absolute atomic E-state index is 14.3. The van der Waals surface area contributed by atoms with Crippen molar-refractivity contribution >= 4 is 24.1 Å². The van der Waals surface area contributed by atoms with Crippen LogP contribution in [0.2, 0.25) is 0 Å². The van der Waals surface area contributed by atoms with Gasteiger partial charge < -0.3 is 19.7 Å². The number of rotatable bonds is 13. The predicted molar refractivity (Wildman–Crippen MR) is 129 cm³/mol. The van der Waals surface area contributed by atoms with E-state index in [2.05, 4.69) is 51.0 Å². The molecule has 0 fully saturated rings. The number of carbonyl (C=O) groups is 1. The highest BCUT2D eigenvalue weighted by atomic mass is 19.1. The molecule has 1 amide bonds. The van der Waals surface area contributed by atoms with E-state index >= 15 is 0 Å². The Hall–Kier alpha value is -3.37. The van der Waals surface area contributed by atoms with Gasteiger partial charge in [0.1, 0.15) is 12.4 Å². The molecule has 182 valence electrons. The Bertz CT molecular complexity index is 1030. The number of aliphatic imine (C=N–C) groups is 1. The van der Waals surface area contributed by atoms with Crippen LogP contribution in [0.15, 0.2) is 41.2 Å². The number of amides is 1. The number of likely N-dealkylation sites (N-methyl/N-ethyl adjacent to an activating group) is 2. The second-order valence-corrected chi connectivity index (χ2v) is 7.75. The van der Waals surface area contributed by atoms with Gasteiger partial charge in [-0.15, -0.1) is 0 Å². The number of aromatic nitrogens is 2. The van der Waals surface area contributed by atoms with Crippen molar-refractivity contribution in [3.05, 3.63) is 47.7 Å². The zero-order valence-electron chi connectivity index (χ0n) is 19.8. The molecule has 1 aliphatic heterocycles. The summed E-state index contributed by atoms with van der Waals surface area (Å²) in [5.74, 6) is 0.774. The zero-order chi connectivity index (χ0) is 24.3. The summed E-state index contributed by atoms with van der Waals surface area (Å²) in [6, 6.07) is 4.19. The normalized spacial score (nSPS) is 12.8. The topological polar surface area (TPSA) is 92.2 Å². The molecule has 2 aromatic rings. The van der Waals surface area contributed by atoms with Crippen molar-refractivity contribution in [3.63, 3.8) is 0 Å². The molecule has 0 saturated heterocycles. The van der Waals surface area contributed by atoms with E-state index in [1.165, 1.54) is 12.1 Å². The third-order valence-electron chi connectivity index (χ3n) is 5.44. The number of benzene rings is 1. The number of fused-ring (bicyclic) bond motifs is 1. The molecule has 2 heterocycles. The van der Waals surface area contributed by atoms with E-state index in [9.17, 15) is 9.18 Å². The number of nitrogens with zero attached hydrogens (tertiary/aromatic N) is 5. The lowest BCUT2D eigenvalue weighted by Crippen LogP contribution is -2.35. The van der Waals surface area contributed by atoms with Crippen molar-refractivity contribution in [2.75, 3.05) is 51.7 Å². The standard InChI is InChI=1S/C24H31FN6O3/c1-4-30(3)10-11-31(5-2)12-13-33-23-16-27-24-21(29-23)15-19(8-9-26-24)34-22-7-6-18(28-17-32)14-20(22)25/h6-9,14,16-17H,4-5,10-13,15H2,1-3H3,(H,28,32). The number of anilines is 1. The largest absolute Gasteiger partial charge is 0.475 e. The maximum atomic E-state index is 14.3. The van der Waals surface area contributed by atoms with Gasteiger partial charge in [0.15, 0.2) is 17.4 Å². The fourth-order valence-electron chi connectivity index (χ4n) is 3.24. The molecule has 0 spiro atoms. The highest BCUT2D eigenvalue weighted by Crippen LogP contribution is 2.27. The minimum atomic E-state index is -0.595. The second kappa shape index (κ2) is 12.8. The van der Waals surface area contributed by atoms with Crippen LogP contribution in [0.25, 0.3) is 0 Å². The minimum absolute atomic E-state index is 0.0355. The van der Waals surface area contributed by atoms with Crippen molar-refractivity contribution in [1.82, 2.24) is 19.8 Å². The Balaban J connectivity index is 1.59. The summed E-state index contributed by atoms with van der Waals surface area (Å²) < 4.78 is 25.9. The van der Waals surface area contributed by atoms with Gasteiger partial charge in [-0.2, -0.15) is 0 Å². The molecule has 10 heteroatoms. The lowest BCUT2D eigenvalue weighted by Gasteiger charge is -2.23. The highest BCUT2D eigenvalue weighted by molar-refractivity contribution is 5.76. The molecule has 1 aliphatic rings. The molecule has 1 N–H and O–H groups in total. The smallest absolute Gasteiger partial charge is 0.232 e. The van der Waals surface area contributed by atoms with Crippen LogP contribution >= 0.6 is 0 Å². The number of ether oxygens (including phenoxy) is 2. The predicted octanol–water partition coefficient (Wildman–Crippen LogP) is 3.06. The fraction of sp³-hybridized carbons (Fsp3) is 0.417. The van der Waals surface area contributed by atoms with Gasteiger partial charge in [0, 0.05) is 37.6 Å². The van der Waals surface area contributed by atoms with Crippen LogP contribution < -0.4 is 14.8 Å². The molecule has 0 aliphatic carbocycles. The number of hydrogen-bond acceptors (Lipinski definition) is 8. The summed E-state index contributed by atoms with van der Waals surface area (Å²) in [5.41, 5.74) is 0.919. The van der Waals surface area contributed by atoms with Crippen LogP contribution in [0.5, 0.6) is 11.6 Å². The summed E-state index contributed by atoms with van der Waals surface area (Å²) >= 11 is 0. The van der Waals surface area contributed by atoms with Crippen molar-refractivity contribution < 1.29 is 18.7 Å². The first kappa shape index (κ1) is 25.3. The van der Waals surface area contributed by atoms with Gasteiger partial charge in [-0.05, 0) is 38.3 Å². The molecular weight excluding hydrogens is 439 g/mol. The summed E-state index contributed by atoms with van der Waals surface area (Å²) in [5, 5.41) is 2.40. The van der Waals surface area contributed by atoms with E-state index < -0.39 is 5.82 Å². The number of carbonyl (C=O) groups excluding carboxylic acids is 1. The average molecular weight is 471 g/mol. The first-order valence-electron chi connectivity index (χ1n) is 11.3. The summed E-state index contributed by atoms with van der Waals surface area (Å²) in [4.78, 5) is 28.3. The maximum Gasteiger partial charge on any atom is 0.232 e. The Morgan fingerprint density at radius 2 is 2.06 bits per heavy atom. The SMILES string of the molecule is CCN(C)CCN(CC)CCOc1cnc2c(n1)CC(Oc1ccc(NC=O)cc1F)=CC=N2. The van der Waals surface area contributed by atoms with Crippen LogP contribution in [0.3, 0.4) is 0 Å². The molecule has 0 saturated carbocycles. The third kappa shape index (κ3) is 7.32. The summed E-state index contributed by atoms with van der Waals surface area (Å²) in [7, 11) is 2.11. The van der Waals surface area contributed by atoms with Gasteiger partial charge in [-0.25, -0.2) is 19.4 Å². The molecule has 3 rings (SSSR count). The highest BCUT2D eigenvalue weighted by Gasteiger charge is 2.16. The van der Waals surface area contributed by atoms with E-state index in [-0.39, 0.29) is 12.2 Å². The molecule has 0 atom stereocenters. The molecule has 9 nitrogen and oxygen atoms in total. The monoisotopic (exact) mass is 470 g/mol. The molecule has 1 aromatic carbocycles. The van der Waals surface area contributed by atoms with E-state index in [1.54, 1.807) is 24.6 Å². The van der Waals surface area contributed by atoms with E-state index in [0.29, 0.717) is 41.9 Å². The van der Waals surface area contributed by atoms with Gasteiger partial charge in [0.2, 0.25) is 12.3 Å². The van der Waals surface area contributed by atoms with Crippen LogP contribution in [0.1, 0.15) is 19.5 Å². The summed E-state index contributed by atoms with van der Waals surface area (Å²) in [6.45, 7) is 9.51. The van der Waals surface area contributed by atoms with Gasteiger partial charge in [-0.3, -0.25) is 9.69 Å². The first-order valence-corrected chi connectivity index (χ1v) is 11.3. The number of hydrogen-bond donors (Lipinski definition) is 1. The van der Waals surface area contributed by atoms with Gasteiger partial charge in [0.05, 0.1) is 18.3 Å². The van der Waals surface area contributed by atoms with E-state index in [0.717, 1.165) is 32.7 Å². The third-order valence-corrected chi connectivity index (χ3v) is 5.44. The molecule has 34 heavy (non-hydrogen) atoms. The van der Waals surface area contributed by atoms with Crippen LogP contribution in [0, 0.1) is 5.82 Å². The zero-order valence-corrected chi connectivity index (χ0v) is 19.8. The second-order valence-electron chi connectivity index (χ2n) is 7.75. The molecule has 0 radical (unpaired) electrons. The molecule has 0 unspecified atom stereocenters. The van der Waals surface area contributed by atoms with Crippen molar-refractivity contribution in [2.24, 2.45) is 4.99 Å². The van der Waals surface area contributed by atoms with Gasteiger partial charge in [0.25, 0.3) is 0 Å². The number of allylic oxidation sites excluding steroid dienone is 2. The molecular formula is C24H31FN6O3. The van der Waals surface area contributed by atoms with E-state index in [1.807, 2.05) is 0 Å². The lowest BCUT2D eigenvalue weighted by molar-refractivity contribution is -0.105. The van der Waals surface area contributed by atoms with Crippen molar-refractivity contribution in [1.29, 1.82) is 0 Å². The minimum Gasteiger partial charge on any atom is -0.475 e. The quantitative estimate of drug-likeness (QED) is 0.450. The lowest BCUT2D eigenvalue weighted by atomic mass is 10.2. The Morgan fingerprint density at radius 3 is 2.79 bits per heavy atom. The summed E-state index contributed by atoms with van der Waals surface area (Å²) in [6.07, 6.45) is 5.51. The number of halogens is 1. The van der Waals surface area contributed by atoms with Gasteiger partial charge in [-0.1, -0.05) is 13.8 Å². The first-order chi connectivity index (χ1) is 16.5. The van der Waals surface area contributed by atoms with Gasteiger partial charge >= 0.3 is 0 Å². The fourth-order valence-corrected chi connectivity index (χ4v) is 3.24. The van der Waals surface area contributed by atoms with Crippen LogP contribution in [-0.4, -0.2) is 78.8 Å². The Labute approximate surface area is 199 Å². The molecule has 0 bridgehead atoms. The van der Waals surface area contributed by atoms with Crippen molar-refractivity contribution in [3.8, 4) is 11.6 Å². The average Bonchev–Trinajstić information content (AvgIpc) is 3.04. The van der Waals surface area contributed by atoms with Crippen molar-refractivity contribution in [2.45, 2.75) is 20.3 Å². The Kier molecular flexibility index (Phi) is 9.48. The molecule has 1 aromatic heterocycles. The van der Waals surface area contributed by atoms with Crippen LogP contribution in [0.4, 0.5) is 15.9 Å². The number of nitrogens with one attached hydrogen (secondary N) is 1.